The molecule has 1 aromatic carbocycles. The van der Waals surface area contributed by atoms with Crippen LogP contribution >= 0.6 is 0 Å². The number of fused-ring (bicyclic) bond motifs is 1. The van der Waals surface area contributed by atoms with Gasteiger partial charge in [-0.2, -0.15) is 0 Å². The Bertz CT molecular complexity index is 672. The van der Waals surface area contributed by atoms with Gasteiger partial charge in [-0.05, 0) is 50.7 Å². The lowest BCUT2D eigenvalue weighted by molar-refractivity contribution is -0.143. The number of aryl methyl sites for hydroxylation is 1. The van der Waals surface area contributed by atoms with Crippen LogP contribution in [-0.2, 0) is 11.3 Å². The third kappa shape index (κ3) is 2.77. The molecule has 1 N–H and O–H groups in total. The Morgan fingerprint density at radius 2 is 2.10 bits per heavy atom. The van der Waals surface area contributed by atoms with Crippen LogP contribution in [0, 0.1) is 24.6 Å². The highest BCUT2D eigenvalue weighted by molar-refractivity contribution is 5.76. The van der Waals surface area contributed by atoms with Gasteiger partial charge in [0, 0.05) is 12.6 Å². The molecule has 0 amide bonds. The first-order valence-corrected chi connectivity index (χ1v) is 7.40. The highest BCUT2D eigenvalue weighted by Gasteiger charge is 2.26. The SMILES string of the molecule is Cc1nc2cc(F)ccc2n1C[C@H]1CC[C@H](C(=O)O)CC1. The molecule has 0 saturated heterocycles. The number of benzene rings is 1. The topological polar surface area (TPSA) is 55.1 Å². The minimum atomic E-state index is -0.673. The molecule has 1 fully saturated rings. The lowest BCUT2D eigenvalue weighted by Gasteiger charge is -2.26. The van der Waals surface area contributed by atoms with Crippen molar-refractivity contribution >= 4 is 17.0 Å². The van der Waals surface area contributed by atoms with Crippen LogP contribution < -0.4 is 0 Å². The first-order valence-electron chi connectivity index (χ1n) is 7.40. The molecular weight excluding hydrogens is 271 g/mol. The first kappa shape index (κ1) is 14.0. The highest BCUT2D eigenvalue weighted by Crippen LogP contribution is 2.31. The van der Waals surface area contributed by atoms with Crippen molar-refractivity contribution in [3.8, 4) is 0 Å². The molecule has 21 heavy (non-hydrogen) atoms. The average Bonchev–Trinajstić information content (AvgIpc) is 2.75. The zero-order valence-corrected chi connectivity index (χ0v) is 12.1. The van der Waals surface area contributed by atoms with E-state index in [2.05, 4.69) is 9.55 Å². The molecule has 2 aromatic rings. The summed E-state index contributed by atoms with van der Waals surface area (Å²) < 4.78 is 15.4. The smallest absolute Gasteiger partial charge is 0.306 e. The molecule has 0 spiro atoms. The summed E-state index contributed by atoms with van der Waals surface area (Å²) in [5.41, 5.74) is 1.64. The van der Waals surface area contributed by atoms with E-state index in [0.29, 0.717) is 11.4 Å². The molecule has 5 heteroatoms. The number of nitrogens with zero attached hydrogens (tertiary/aromatic N) is 2. The molecule has 1 aliphatic rings. The number of aliphatic carboxylic acids is 1. The zero-order chi connectivity index (χ0) is 15.0. The number of aromatic nitrogens is 2. The monoisotopic (exact) mass is 290 g/mol. The summed E-state index contributed by atoms with van der Waals surface area (Å²) in [6.45, 7) is 2.76. The lowest BCUT2D eigenvalue weighted by Crippen LogP contribution is -2.24. The maximum absolute atomic E-state index is 13.3. The number of carboxylic acid groups (broad SMARTS) is 1. The molecule has 1 aliphatic carbocycles. The quantitative estimate of drug-likeness (QED) is 0.943. The predicted octanol–water partition coefficient (Wildman–Crippen LogP) is 3.37. The van der Waals surface area contributed by atoms with E-state index in [0.717, 1.165) is 43.6 Å². The van der Waals surface area contributed by atoms with Crippen molar-refractivity contribution in [2.45, 2.75) is 39.2 Å². The first-order chi connectivity index (χ1) is 10.0. The van der Waals surface area contributed by atoms with Crippen LogP contribution in [0.4, 0.5) is 4.39 Å². The molecular formula is C16H19FN2O2. The van der Waals surface area contributed by atoms with E-state index in [4.69, 9.17) is 5.11 Å². The number of hydrogen-bond acceptors (Lipinski definition) is 2. The second kappa shape index (κ2) is 5.47. The van der Waals surface area contributed by atoms with Crippen LogP contribution in [0.5, 0.6) is 0 Å². The summed E-state index contributed by atoms with van der Waals surface area (Å²) in [6.07, 6.45) is 3.36. The van der Waals surface area contributed by atoms with Crippen LogP contribution in [0.15, 0.2) is 18.2 Å². The van der Waals surface area contributed by atoms with Crippen LogP contribution in [0.1, 0.15) is 31.5 Å². The van der Waals surface area contributed by atoms with Crippen molar-refractivity contribution in [2.75, 3.05) is 0 Å². The minimum absolute atomic E-state index is 0.184. The van der Waals surface area contributed by atoms with Crippen LogP contribution in [-0.4, -0.2) is 20.6 Å². The average molecular weight is 290 g/mol. The Kier molecular flexibility index (Phi) is 3.66. The molecule has 112 valence electrons. The third-order valence-corrected chi connectivity index (χ3v) is 4.54. The fourth-order valence-electron chi connectivity index (χ4n) is 3.30. The van der Waals surface area contributed by atoms with Gasteiger partial charge in [-0.1, -0.05) is 0 Å². The second-order valence-corrected chi connectivity index (χ2v) is 5.96. The molecule has 1 aromatic heterocycles. The molecule has 0 aliphatic heterocycles. The molecule has 0 radical (unpaired) electrons. The summed E-state index contributed by atoms with van der Waals surface area (Å²) in [5, 5.41) is 9.04. The van der Waals surface area contributed by atoms with Crippen LogP contribution in [0.25, 0.3) is 11.0 Å². The number of rotatable bonds is 3. The Morgan fingerprint density at radius 3 is 2.76 bits per heavy atom. The van der Waals surface area contributed by atoms with E-state index in [9.17, 15) is 9.18 Å². The Hall–Kier alpha value is -1.91. The van der Waals surface area contributed by atoms with E-state index in [1.807, 2.05) is 6.92 Å². The van der Waals surface area contributed by atoms with E-state index in [1.54, 1.807) is 6.07 Å². The van der Waals surface area contributed by atoms with Gasteiger partial charge in [0.2, 0.25) is 0 Å². The molecule has 1 saturated carbocycles. The fourth-order valence-corrected chi connectivity index (χ4v) is 3.30. The van der Waals surface area contributed by atoms with E-state index >= 15 is 0 Å². The van der Waals surface area contributed by atoms with Gasteiger partial charge in [0.1, 0.15) is 11.6 Å². The molecule has 0 atom stereocenters. The minimum Gasteiger partial charge on any atom is -0.481 e. The van der Waals surface area contributed by atoms with Crippen LogP contribution in [0.3, 0.4) is 0 Å². The van der Waals surface area contributed by atoms with Gasteiger partial charge in [-0.3, -0.25) is 4.79 Å². The highest BCUT2D eigenvalue weighted by atomic mass is 19.1. The lowest BCUT2D eigenvalue weighted by atomic mass is 9.82. The van der Waals surface area contributed by atoms with Gasteiger partial charge in [-0.15, -0.1) is 0 Å². The number of hydrogen-bond donors (Lipinski definition) is 1. The van der Waals surface area contributed by atoms with Gasteiger partial charge in [-0.25, -0.2) is 9.37 Å². The van der Waals surface area contributed by atoms with Gasteiger partial charge >= 0.3 is 5.97 Å². The van der Waals surface area contributed by atoms with E-state index < -0.39 is 5.97 Å². The number of carboxylic acids is 1. The molecule has 4 nitrogen and oxygen atoms in total. The molecule has 0 bridgehead atoms. The maximum Gasteiger partial charge on any atom is 0.306 e. The normalized spacial score (nSPS) is 22.6. The number of imidazole rings is 1. The summed E-state index contributed by atoms with van der Waals surface area (Å²) in [4.78, 5) is 15.4. The Labute approximate surface area is 122 Å². The summed E-state index contributed by atoms with van der Waals surface area (Å²) in [7, 11) is 0. The van der Waals surface area contributed by atoms with Gasteiger partial charge in [0.25, 0.3) is 0 Å². The molecule has 3 rings (SSSR count). The van der Waals surface area contributed by atoms with Crippen molar-refractivity contribution in [3.63, 3.8) is 0 Å². The van der Waals surface area contributed by atoms with Gasteiger partial charge in [0.15, 0.2) is 0 Å². The summed E-state index contributed by atoms with van der Waals surface area (Å²) >= 11 is 0. The van der Waals surface area contributed by atoms with Crippen molar-refractivity contribution in [3.05, 3.63) is 29.8 Å². The number of carbonyl (C=O) groups is 1. The Balaban J connectivity index is 1.77. The Morgan fingerprint density at radius 1 is 1.38 bits per heavy atom. The molecule has 0 unspecified atom stereocenters. The number of halogens is 1. The fraction of sp³-hybridized carbons (Fsp3) is 0.500. The largest absolute Gasteiger partial charge is 0.481 e. The van der Waals surface area contributed by atoms with Crippen LogP contribution in [0.2, 0.25) is 0 Å². The van der Waals surface area contributed by atoms with Gasteiger partial charge < -0.3 is 9.67 Å². The van der Waals surface area contributed by atoms with Crippen molar-refractivity contribution < 1.29 is 14.3 Å². The summed E-state index contributed by atoms with van der Waals surface area (Å²) in [6, 6.07) is 4.69. The molecule has 1 heterocycles. The van der Waals surface area contributed by atoms with Crippen molar-refractivity contribution in [2.24, 2.45) is 11.8 Å². The standard InChI is InChI=1S/C16H19FN2O2/c1-10-18-14-8-13(17)6-7-15(14)19(10)9-11-2-4-12(5-3-11)16(20)21/h6-8,11-12H,2-5,9H2,1H3,(H,20,21)/t11-,12-. The van der Waals surface area contributed by atoms with Gasteiger partial charge in [0.05, 0.1) is 17.0 Å². The second-order valence-electron chi connectivity index (χ2n) is 5.96. The zero-order valence-electron chi connectivity index (χ0n) is 12.1. The third-order valence-electron chi connectivity index (χ3n) is 4.54. The van der Waals surface area contributed by atoms with E-state index in [1.165, 1.54) is 12.1 Å². The van der Waals surface area contributed by atoms with Crippen molar-refractivity contribution in [1.29, 1.82) is 0 Å². The predicted molar refractivity (Wildman–Crippen MR) is 77.5 cm³/mol. The summed E-state index contributed by atoms with van der Waals surface area (Å²) in [5.74, 6) is 0.232. The maximum atomic E-state index is 13.3. The van der Waals surface area contributed by atoms with Crippen molar-refractivity contribution in [1.82, 2.24) is 9.55 Å². The van der Waals surface area contributed by atoms with E-state index in [-0.39, 0.29) is 11.7 Å².